The molecule has 0 saturated carbocycles. The molecule has 83 heavy (non-hydrogen) atoms. The van der Waals surface area contributed by atoms with Crippen LogP contribution in [0, 0.1) is 0 Å². The van der Waals surface area contributed by atoms with E-state index in [9.17, 15) is 30.3 Å². The molecule has 0 aromatic rings. The lowest BCUT2D eigenvalue weighted by Crippen LogP contribution is -2.60. The second kappa shape index (κ2) is 62.4. The Morgan fingerprint density at radius 1 is 0.422 bits per heavy atom. The minimum absolute atomic E-state index is 0.183. The van der Waals surface area contributed by atoms with Gasteiger partial charge in [0.25, 0.3) is 0 Å². The fourth-order valence-corrected chi connectivity index (χ4v) is 11.0. The van der Waals surface area contributed by atoms with E-state index in [1.54, 1.807) is 6.08 Å². The molecule has 0 aromatic carbocycles. The van der Waals surface area contributed by atoms with Gasteiger partial charge < -0.3 is 40.3 Å². The molecule has 7 unspecified atom stereocenters. The highest BCUT2D eigenvalue weighted by Crippen LogP contribution is 2.23. The van der Waals surface area contributed by atoms with Crippen molar-refractivity contribution in [2.75, 3.05) is 13.2 Å². The normalized spacial score (nSPS) is 18.8. The summed E-state index contributed by atoms with van der Waals surface area (Å²) in [7, 11) is 0. The average molecular weight is 1160 g/mol. The third-order valence-corrected chi connectivity index (χ3v) is 16.5. The van der Waals surface area contributed by atoms with E-state index in [1.807, 2.05) is 6.08 Å². The summed E-state index contributed by atoms with van der Waals surface area (Å²) in [5.74, 6) is -0.183. The number of aliphatic hydroxyl groups excluding tert-OH is 5. The van der Waals surface area contributed by atoms with Crippen LogP contribution in [-0.2, 0) is 14.3 Å². The molecule has 0 radical (unpaired) electrons. The number of carbonyl (C=O) groups is 1. The number of hydrogen-bond donors (Lipinski definition) is 6. The minimum Gasteiger partial charge on any atom is -0.394 e. The van der Waals surface area contributed by atoms with Gasteiger partial charge in [0.2, 0.25) is 5.91 Å². The van der Waals surface area contributed by atoms with Gasteiger partial charge in [-0.3, -0.25) is 4.79 Å². The Bertz CT molecular complexity index is 1590. The number of hydrogen-bond acceptors (Lipinski definition) is 8. The summed E-state index contributed by atoms with van der Waals surface area (Å²) in [5, 5.41) is 54.7. The van der Waals surface area contributed by atoms with Crippen LogP contribution in [0.25, 0.3) is 0 Å². The number of unbranched alkanes of at least 4 members (excludes halogenated alkanes) is 39. The lowest BCUT2D eigenvalue weighted by atomic mass is 9.99. The first-order chi connectivity index (χ1) is 40.8. The van der Waals surface area contributed by atoms with Crippen LogP contribution < -0.4 is 5.32 Å². The van der Waals surface area contributed by atoms with E-state index in [1.165, 1.54) is 231 Å². The van der Waals surface area contributed by atoms with Gasteiger partial charge >= 0.3 is 0 Å². The van der Waals surface area contributed by atoms with E-state index in [4.69, 9.17) is 9.47 Å². The molecule has 1 heterocycles. The Morgan fingerprint density at radius 3 is 1.16 bits per heavy atom. The monoisotopic (exact) mass is 1160 g/mol. The molecule has 0 spiro atoms. The number of rotatable bonds is 61. The molecule has 6 N–H and O–H groups in total. The standard InChI is InChI=1S/C74H133NO8/c1-3-5-7-9-11-13-15-17-19-21-23-25-27-29-30-31-32-33-34-35-36-37-38-40-42-44-46-48-50-52-54-56-58-60-62-64-70(78)75-67(66-82-74-73(81)72(80)71(79)69(65-76)83-74)68(77)63-61-59-57-55-53-51-49-47-45-43-41-39-28-26-24-22-20-18-16-14-12-10-8-6-4-2/h5,7,11,13,17,19,23,25,29-30,53,55,61,63,67-69,71-74,76-77,79-81H,3-4,6,8-10,12,14-16,18,20-22,24,26-28,31-52,54,56-60,62,64-66H2,1-2H3,(H,75,78)/b7-5-,13-11-,19-17-,25-23-,30-29-,55-53+,63-61+. The molecular weight excluding hydrogens is 1030 g/mol. The van der Waals surface area contributed by atoms with Crippen LogP contribution >= 0.6 is 0 Å². The molecule has 0 aromatic heterocycles. The van der Waals surface area contributed by atoms with Gasteiger partial charge in [0.1, 0.15) is 24.4 Å². The molecule has 0 aliphatic carbocycles. The van der Waals surface area contributed by atoms with E-state index < -0.39 is 49.5 Å². The highest BCUT2D eigenvalue weighted by Gasteiger charge is 2.44. The van der Waals surface area contributed by atoms with Crippen molar-refractivity contribution in [3.63, 3.8) is 0 Å². The Hall–Kier alpha value is -2.63. The van der Waals surface area contributed by atoms with Crippen LogP contribution in [0.1, 0.15) is 322 Å². The molecule has 1 aliphatic heterocycles. The van der Waals surface area contributed by atoms with Crippen molar-refractivity contribution in [3.05, 3.63) is 85.1 Å². The maximum absolute atomic E-state index is 13.1. The van der Waals surface area contributed by atoms with Gasteiger partial charge in [-0.05, 0) is 77.0 Å². The molecule has 9 nitrogen and oxygen atoms in total. The molecule has 1 amide bonds. The molecule has 0 bridgehead atoms. The zero-order valence-electron chi connectivity index (χ0n) is 53.9. The number of nitrogens with one attached hydrogen (secondary N) is 1. The third-order valence-electron chi connectivity index (χ3n) is 16.5. The van der Waals surface area contributed by atoms with Crippen molar-refractivity contribution in [2.45, 2.75) is 365 Å². The fourth-order valence-electron chi connectivity index (χ4n) is 11.0. The number of ether oxygens (including phenoxy) is 2. The molecule has 482 valence electrons. The van der Waals surface area contributed by atoms with Gasteiger partial charge in [-0.1, -0.05) is 324 Å². The summed E-state index contributed by atoms with van der Waals surface area (Å²) < 4.78 is 11.3. The molecule has 1 saturated heterocycles. The zero-order valence-corrected chi connectivity index (χ0v) is 53.9. The molecule has 1 fully saturated rings. The van der Waals surface area contributed by atoms with Crippen molar-refractivity contribution in [2.24, 2.45) is 0 Å². The quantitative estimate of drug-likeness (QED) is 0.0261. The second-order valence-electron chi connectivity index (χ2n) is 24.3. The summed E-state index contributed by atoms with van der Waals surface area (Å²) in [5.41, 5.74) is 0. The third kappa shape index (κ3) is 51.2. The molecule has 1 rings (SSSR count). The van der Waals surface area contributed by atoms with Gasteiger partial charge in [0, 0.05) is 6.42 Å². The minimum atomic E-state index is -1.58. The maximum Gasteiger partial charge on any atom is 0.220 e. The summed E-state index contributed by atoms with van der Waals surface area (Å²) >= 11 is 0. The highest BCUT2D eigenvalue weighted by molar-refractivity contribution is 5.76. The Kier molecular flexibility index (Phi) is 59.0. The maximum atomic E-state index is 13.1. The van der Waals surface area contributed by atoms with Gasteiger partial charge in [-0.25, -0.2) is 0 Å². The molecular formula is C74H133NO8. The first kappa shape index (κ1) is 78.4. The predicted octanol–water partition coefficient (Wildman–Crippen LogP) is 19.3. The number of amides is 1. The molecule has 9 heteroatoms. The highest BCUT2D eigenvalue weighted by atomic mass is 16.7. The van der Waals surface area contributed by atoms with Gasteiger partial charge in [0.15, 0.2) is 6.29 Å². The summed E-state index contributed by atoms with van der Waals surface area (Å²) in [4.78, 5) is 13.1. The van der Waals surface area contributed by atoms with Crippen molar-refractivity contribution in [3.8, 4) is 0 Å². The van der Waals surface area contributed by atoms with E-state index in [0.29, 0.717) is 6.42 Å². The van der Waals surface area contributed by atoms with E-state index in [2.05, 4.69) is 92.1 Å². The predicted molar refractivity (Wildman–Crippen MR) is 355 cm³/mol. The Balaban J connectivity index is 2.13. The van der Waals surface area contributed by atoms with Gasteiger partial charge in [0.05, 0.1) is 25.4 Å². The number of carbonyl (C=O) groups excluding carboxylic acids is 1. The van der Waals surface area contributed by atoms with Crippen molar-refractivity contribution in [1.29, 1.82) is 0 Å². The van der Waals surface area contributed by atoms with Crippen LogP contribution in [0.3, 0.4) is 0 Å². The SMILES string of the molecule is CC/C=C\C/C=C\C/C=C\C/C=C\C/C=C\CCCCCCCCCCCCCCCCCCCCCC(=O)NC(COC1OC(CO)C(O)C(O)C1O)C(O)/C=C/CC/C=C/CCCCCCCCCCCCCCCCCCCCC. The van der Waals surface area contributed by atoms with Crippen LogP contribution in [0.5, 0.6) is 0 Å². The second-order valence-corrected chi connectivity index (χ2v) is 24.3. The lowest BCUT2D eigenvalue weighted by Gasteiger charge is -2.40. The van der Waals surface area contributed by atoms with Crippen molar-refractivity contribution < 1.29 is 39.8 Å². The van der Waals surface area contributed by atoms with Gasteiger partial charge in [-0.15, -0.1) is 0 Å². The molecule has 7 atom stereocenters. The Labute approximate surface area is 511 Å². The van der Waals surface area contributed by atoms with Crippen molar-refractivity contribution in [1.82, 2.24) is 5.32 Å². The van der Waals surface area contributed by atoms with Crippen molar-refractivity contribution >= 4 is 5.91 Å². The fraction of sp³-hybridized carbons (Fsp3) is 0.797. The van der Waals surface area contributed by atoms with Gasteiger partial charge in [-0.2, -0.15) is 0 Å². The lowest BCUT2D eigenvalue weighted by molar-refractivity contribution is -0.302. The van der Waals surface area contributed by atoms with E-state index in [-0.39, 0.29) is 12.5 Å². The smallest absolute Gasteiger partial charge is 0.220 e. The summed E-state index contributed by atoms with van der Waals surface area (Å²) in [6.45, 7) is 3.69. The average Bonchev–Trinajstić information content (AvgIpc) is 3.60. The molecule has 1 aliphatic rings. The van der Waals surface area contributed by atoms with Crippen LogP contribution in [-0.4, -0.2) is 87.5 Å². The summed E-state index contributed by atoms with van der Waals surface area (Å²) in [6, 6.07) is -0.826. The summed E-state index contributed by atoms with van der Waals surface area (Å²) in [6.07, 6.45) is 82.6. The van der Waals surface area contributed by atoms with Crippen LogP contribution in [0.4, 0.5) is 0 Å². The number of allylic oxidation sites excluding steroid dienone is 13. The van der Waals surface area contributed by atoms with Crippen LogP contribution in [0.15, 0.2) is 85.1 Å². The zero-order chi connectivity index (χ0) is 60.0. The number of aliphatic hydroxyl groups is 5. The topological polar surface area (TPSA) is 149 Å². The first-order valence-corrected chi connectivity index (χ1v) is 35.3. The van der Waals surface area contributed by atoms with E-state index in [0.717, 1.165) is 70.6 Å². The van der Waals surface area contributed by atoms with E-state index >= 15 is 0 Å². The Morgan fingerprint density at radius 2 is 0.759 bits per heavy atom. The first-order valence-electron chi connectivity index (χ1n) is 35.3. The van der Waals surface area contributed by atoms with Crippen LogP contribution in [0.2, 0.25) is 0 Å². The largest absolute Gasteiger partial charge is 0.394 e.